The SMILES string of the molecule is CCOc1ccc(-c2[c]c([S+](C)[O-])ccc2)cc1F. The van der Waals surface area contributed by atoms with Crippen molar-refractivity contribution in [2.75, 3.05) is 12.9 Å². The number of halogens is 1. The Balaban J connectivity index is 2.36. The van der Waals surface area contributed by atoms with E-state index in [1.165, 1.54) is 6.07 Å². The molecule has 1 radical (unpaired) electrons. The van der Waals surface area contributed by atoms with Crippen LogP contribution in [0.3, 0.4) is 0 Å². The first-order valence-electron chi connectivity index (χ1n) is 5.90. The van der Waals surface area contributed by atoms with Crippen LogP contribution in [0, 0.1) is 11.9 Å². The largest absolute Gasteiger partial charge is 0.612 e. The van der Waals surface area contributed by atoms with Crippen LogP contribution in [0.15, 0.2) is 41.3 Å². The van der Waals surface area contributed by atoms with E-state index in [-0.39, 0.29) is 5.75 Å². The van der Waals surface area contributed by atoms with Crippen LogP contribution < -0.4 is 4.74 Å². The standard InChI is InChI=1S/C15H14FO2S/c1-3-18-15-8-7-12(10-14(15)16)11-5-4-6-13(9-11)19(2)17/h4-8,10H,3H2,1-2H3. The maximum atomic E-state index is 13.8. The number of hydrogen-bond donors (Lipinski definition) is 0. The van der Waals surface area contributed by atoms with E-state index >= 15 is 0 Å². The molecule has 2 aromatic carbocycles. The van der Waals surface area contributed by atoms with Crippen LogP contribution in [-0.4, -0.2) is 17.4 Å². The molecule has 0 saturated carbocycles. The van der Waals surface area contributed by atoms with Crippen LogP contribution in [0.2, 0.25) is 0 Å². The molecule has 0 spiro atoms. The normalized spacial score (nSPS) is 12.2. The first kappa shape index (κ1) is 13.9. The second-order valence-electron chi connectivity index (χ2n) is 3.96. The third-order valence-corrected chi connectivity index (χ3v) is 3.48. The van der Waals surface area contributed by atoms with E-state index < -0.39 is 17.0 Å². The van der Waals surface area contributed by atoms with Gasteiger partial charge in [-0.1, -0.05) is 18.2 Å². The Hall–Kier alpha value is -1.52. The van der Waals surface area contributed by atoms with Gasteiger partial charge in [0.2, 0.25) is 0 Å². The van der Waals surface area contributed by atoms with Crippen LogP contribution >= 0.6 is 0 Å². The van der Waals surface area contributed by atoms with Crippen molar-refractivity contribution >= 4 is 11.2 Å². The molecule has 0 aliphatic rings. The molecular formula is C15H14FO2S. The Labute approximate surface area is 115 Å². The van der Waals surface area contributed by atoms with Crippen molar-refractivity contribution in [1.82, 2.24) is 0 Å². The summed E-state index contributed by atoms with van der Waals surface area (Å²) in [6.45, 7) is 2.23. The minimum absolute atomic E-state index is 0.237. The molecule has 2 aromatic rings. The molecule has 19 heavy (non-hydrogen) atoms. The fourth-order valence-electron chi connectivity index (χ4n) is 1.72. The molecule has 0 amide bonds. The molecule has 0 heterocycles. The average Bonchev–Trinajstić information content (AvgIpc) is 2.41. The monoisotopic (exact) mass is 277 g/mol. The molecule has 1 atom stereocenters. The van der Waals surface area contributed by atoms with Crippen LogP contribution in [-0.2, 0) is 11.2 Å². The van der Waals surface area contributed by atoms with Crippen molar-refractivity contribution in [2.24, 2.45) is 0 Å². The Morgan fingerprint density at radius 3 is 2.74 bits per heavy atom. The Morgan fingerprint density at radius 2 is 2.11 bits per heavy atom. The quantitative estimate of drug-likeness (QED) is 0.802. The lowest BCUT2D eigenvalue weighted by Gasteiger charge is -2.08. The summed E-state index contributed by atoms with van der Waals surface area (Å²) in [6.07, 6.45) is 1.59. The third-order valence-electron chi connectivity index (χ3n) is 2.62. The van der Waals surface area contributed by atoms with Gasteiger partial charge in [-0.15, -0.1) is 0 Å². The smallest absolute Gasteiger partial charge is 0.165 e. The van der Waals surface area contributed by atoms with Gasteiger partial charge in [-0.05, 0) is 47.4 Å². The Bertz CT molecular complexity index is 570. The van der Waals surface area contributed by atoms with Crippen molar-refractivity contribution in [3.63, 3.8) is 0 Å². The first-order valence-corrected chi connectivity index (χ1v) is 7.46. The van der Waals surface area contributed by atoms with Crippen LogP contribution in [0.4, 0.5) is 4.39 Å². The van der Waals surface area contributed by atoms with Crippen molar-refractivity contribution < 1.29 is 13.7 Å². The molecule has 0 fully saturated rings. The zero-order chi connectivity index (χ0) is 13.8. The van der Waals surface area contributed by atoms with Gasteiger partial charge in [0.1, 0.15) is 6.26 Å². The Morgan fingerprint density at radius 1 is 1.32 bits per heavy atom. The zero-order valence-corrected chi connectivity index (χ0v) is 11.6. The van der Waals surface area contributed by atoms with Crippen LogP contribution in [0.25, 0.3) is 11.1 Å². The highest BCUT2D eigenvalue weighted by Crippen LogP contribution is 2.26. The highest BCUT2D eigenvalue weighted by Gasteiger charge is 2.09. The van der Waals surface area contributed by atoms with E-state index in [0.29, 0.717) is 17.1 Å². The van der Waals surface area contributed by atoms with Crippen molar-refractivity contribution in [1.29, 1.82) is 0 Å². The van der Waals surface area contributed by atoms with Gasteiger partial charge in [-0.3, -0.25) is 0 Å². The fraction of sp³-hybridized carbons (Fsp3) is 0.200. The van der Waals surface area contributed by atoms with Crippen molar-refractivity contribution in [3.8, 4) is 16.9 Å². The van der Waals surface area contributed by atoms with Crippen LogP contribution in [0.1, 0.15) is 6.92 Å². The highest BCUT2D eigenvalue weighted by molar-refractivity contribution is 7.90. The summed E-state index contributed by atoms with van der Waals surface area (Å²) in [5.74, 6) is -0.169. The molecule has 2 rings (SSSR count). The van der Waals surface area contributed by atoms with E-state index in [0.717, 1.165) is 5.56 Å². The highest BCUT2D eigenvalue weighted by atomic mass is 32.2. The summed E-state index contributed by atoms with van der Waals surface area (Å²) < 4.78 is 30.4. The minimum atomic E-state index is -1.10. The third kappa shape index (κ3) is 3.28. The predicted molar refractivity (Wildman–Crippen MR) is 74.2 cm³/mol. The molecule has 0 aliphatic heterocycles. The van der Waals surface area contributed by atoms with E-state index in [1.54, 1.807) is 37.4 Å². The van der Waals surface area contributed by atoms with Gasteiger partial charge in [-0.2, -0.15) is 0 Å². The van der Waals surface area contributed by atoms with Crippen LogP contribution in [0.5, 0.6) is 5.75 Å². The molecule has 4 heteroatoms. The number of rotatable bonds is 4. The van der Waals surface area contributed by atoms with E-state index in [2.05, 4.69) is 6.07 Å². The zero-order valence-electron chi connectivity index (χ0n) is 10.8. The summed E-state index contributed by atoms with van der Waals surface area (Å²) in [4.78, 5) is 0.604. The minimum Gasteiger partial charge on any atom is -0.612 e. The van der Waals surface area contributed by atoms with Crippen molar-refractivity contribution in [3.05, 3.63) is 48.3 Å². The summed E-state index contributed by atoms with van der Waals surface area (Å²) in [5, 5.41) is 0. The Kier molecular flexibility index (Phi) is 4.45. The lowest BCUT2D eigenvalue weighted by molar-refractivity contribution is 0.321. The molecule has 0 aliphatic carbocycles. The van der Waals surface area contributed by atoms with E-state index in [4.69, 9.17) is 4.74 Å². The molecular weight excluding hydrogens is 263 g/mol. The topological polar surface area (TPSA) is 32.3 Å². The fourth-order valence-corrected chi connectivity index (χ4v) is 2.25. The van der Waals surface area contributed by atoms with Gasteiger partial charge in [0.05, 0.1) is 12.7 Å². The molecule has 0 bridgehead atoms. The maximum absolute atomic E-state index is 13.8. The summed E-state index contributed by atoms with van der Waals surface area (Å²) in [5.41, 5.74) is 1.41. The predicted octanol–water partition coefficient (Wildman–Crippen LogP) is 3.43. The second-order valence-corrected chi connectivity index (χ2v) is 5.31. The van der Waals surface area contributed by atoms with E-state index in [9.17, 15) is 8.94 Å². The molecule has 1 unspecified atom stereocenters. The summed E-state index contributed by atoms with van der Waals surface area (Å²) in [7, 11) is 0. The number of ether oxygens (including phenoxy) is 1. The number of benzene rings is 2. The van der Waals surface area contributed by atoms with Gasteiger partial charge in [-0.25, -0.2) is 4.39 Å². The average molecular weight is 277 g/mol. The molecule has 0 saturated heterocycles. The van der Waals surface area contributed by atoms with Gasteiger partial charge in [0, 0.05) is 0 Å². The van der Waals surface area contributed by atoms with E-state index in [1.807, 2.05) is 6.07 Å². The lowest BCUT2D eigenvalue weighted by atomic mass is 10.1. The lowest BCUT2D eigenvalue weighted by Crippen LogP contribution is -1.98. The summed E-state index contributed by atoms with van der Waals surface area (Å²) >= 11 is -1.10. The first-order chi connectivity index (χ1) is 9.11. The molecule has 2 nitrogen and oxygen atoms in total. The van der Waals surface area contributed by atoms with Gasteiger partial charge in [0.25, 0.3) is 0 Å². The van der Waals surface area contributed by atoms with Crippen molar-refractivity contribution in [2.45, 2.75) is 11.8 Å². The molecule has 0 aromatic heterocycles. The molecule has 0 N–H and O–H groups in total. The number of hydrogen-bond acceptors (Lipinski definition) is 2. The van der Waals surface area contributed by atoms with Gasteiger partial charge in [0.15, 0.2) is 16.5 Å². The summed E-state index contributed by atoms with van der Waals surface area (Å²) in [6, 6.07) is 13.1. The second kappa shape index (κ2) is 6.08. The maximum Gasteiger partial charge on any atom is 0.165 e. The van der Waals surface area contributed by atoms with Gasteiger partial charge < -0.3 is 9.29 Å². The molecule has 99 valence electrons. The van der Waals surface area contributed by atoms with Gasteiger partial charge >= 0.3 is 0 Å².